The molecule has 5 aromatic rings. The van der Waals surface area contributed by atoms with E-state index in [1.54, 1.807) is 0 Å². The Morgan fingerprint density at radius 1 is 0.577 bits per heavy atom. The molecular weight excluding hydrogens is 314 g/mol. The number of hydrogen-bond acceptors (Lipinski definition) is 1. The van der Waals surface area contributed by atoms with E-state index in [4.69, 9.17) is 2.74 Å². The molecule has 0 saturated carbocycles. The van der Waals surface area contributed by atoms with Crippen LogP contribution in [0.5, 0.6) is 0 Å². The van der Waals surface area contributed by atoms with E-state index in [0.717, 1.165) is 43.9 Å². The minimum atomic E-state index is 0.270. The molecule has 1 aromatic heterocycles. The summed E-state index contributed by atoms with van der Waals surface area (Å²) >= 11 is 0. The molecule has 0 aliphatic rings. The third-order valence-electron chi connectivity index (χ3n) is 4.73. The molecule has 122 valence electrons. The van der Waals surface area contributed by atoms with Crippen molar-refractivity contribution >= 4 is 21.5 Å². The lowest BCUT2D eigenvalue weighted by molar-refractivity contribution is 1.33. The van der Waals surface area contributed by atoms with E-state index in [1.165, 1.54) is 0 Å². The highest BCUT2D eigenvalue weighted by Gasteiger charge is 2.06. The van der Waals surface area contributed by atoms with Crippen molar-refractivity contribution in [3.8, 4) is 22.4 Å². The Labute approximate surface area is 155 Å². The molecule has 0 N–H and O–H groups in total. The highest BCUT2D eigenvalue weighted by atomic mass is 14.7. The number of pyridine rings is 1. The van der Waals surface area contributed by atoms with Crippen molar-refractivity contribution in [3.05, 3.63) is 103 Å². The lowest BCUT2D eigenvalue weighted by atomic mass is 9.98. The van der Waals surface area contributed by atoms with Gasteiger partial charge in [0, 0.05) is 11.8 Å². The molecule has 1 heterocycles. The molecule has 0 unspecified atom stereocenters. The van der Waals surface area contributed by atoms with Crippen LogP contribution in [0.4, 0.5) is 0 Å². The van der Waals surface area contributed by atoms with E-state index in [1.807, 2.05) is 66.9 Å². The zero-order chi connectivity index (χ0) is 19.1. The summed E-state index contributed by atoms with van der Waals surface area (Å²) in [6, 6.07) is 28.8. The van der Waals surface area contributed by atoms with Gasteiger partial charge in [0.25, 0.3) is 0 Å². The summed E-state index contributed by atoms with van der Waals surface area (Å²) in [5.74, 6) is 0. The average molecular weight is 333 g/mol. The van der Waals surface area contributed by atoms with Gasteiger partial charge in [-0.15, -0.1) is 0 Å². The van der Waals surface area contributed by atoms with Gasteiger partial charge in [-0.3, -0.25) is 4.98 Å². The summed E-state index contributed by atoms with van der Waals surface area (Å²) in [7, 11) is 0. The first-order valence-electron chi connectivity index (χ1n) is 9.66. The van der Waals surface area contributed by atoms with Gasteiger partial charge in [-0.2, -0.15) is 0 Å². The summed E-state index contributed by atoms with van der Waals surface area (Å²) in [4.78, 5) is 4.58. The van der Waals surface area contributed by atoms with Crippen LogP contribution in [-0.4, -0.2) is 4.98 Å². The first-order chi connectivity index (χ1) is 13.7. The van der Waals surface area contributed by atoms with Crippen LogP contribution in [-0.2, 0) is 0 Å². The summed E-state index contributed by atoms with van der Waals surface area (Å²) in [5, 5.41) is 3.59. The van der Waals surface area contributed by atoms with Gasteiger partial charge >= 0.3 is 0 Å². The fraction of sp³-hybridized carbons (Fsp3) is 0. The van der Waals surface area contributed by atoms with Gasteiger partial charge in [0.05, 0.1) is 8.44 Å². The van der Waals surface area contributed by atoms with E-state index in [0.29, 0.717) is 0 Å². The highest BCUT2D eigenvalue weighted by molar-refractivity contribution is 6.08. The number of fused-ring (bicyclic) bond motifs is 3. The summed E-state index contributed by atoms with van der Waals surface area (Å²) in [6.45, 7) is 0. The maximum Gasteiger partial charge on any atom is 0.0708 e. The van der Waals surface area contributed by atoms with Crippen LogP contribution < -0.4 is 0 Å². The Bertz CT molecular complexity index is 1330. The van der Waals surface area contributed by atoms with Gasteiger partial charge < -0.3 is 0 Å². The molecule has 0 amide bonds. The topological polar surface area (TPSA) is 12.9 Å². The minimum Gasteiger partial charge on any atom is -0.256 e. The number of aromatic nitrogens is 1. The van der Waals surface area contributed by atoms with Crippen molar-refractivity contribution < 1.29 is 2.74 Å². The monoisotopic (exact) mass is 333 g/mol. The van der Waals surface area contributed by atoms with Crippen molar-refractivity contribution in [2.24, 2.45) is 0 Å². The number of nitrogens with zero attached hydrogens (tertiary/aromatic N) is 1. The number of benzene rings is 4. The highest BCUT2D eigenvalue weighted by Crippen LogP contribution is 2.30. The molecule has 0 bridgehead atoms. The van der Waals surface area contributed by atoms with Crippen LogP contribution in [0.2, 0.25) is 0 Å². The molecule has 1 heteroatoms. The standard InChI is InChI=1S/C25H17N/c1-2-6-18(7-3-1)21-14-15-26-25(17-21)22-13-12-20-11-10-19-8-4-5-9-23(19)24(20)16-22/h1-17H/i10D,11D. The largest absolute Gasteiger partial charge is 0.256 e. The van der Waals surface area contributed by atoms with Gasteiger partial charge in [0.1, 0.15) is 0 Å². The Hall–Kier alpha value is -3.45. The summed E-state index contributed by atoms with van der Waals surface area (Å²) in [5.41, 5.74) is 4.18. The molecule has 0 saturated heterocycles. The van der Waals surface area contributed by atoms with E-state index in [9.17, 15) is 0 Å². The summed E-state index contributed by atoms with van der Waals surface area (Å²) < 4.78 is 16.7. The Kier molecular flexibility index (Phi) is 3.03. The molecule has 0 atom stereocenters. The van der Waals surface area contributed by atoms with E-state index in [-0.39, 0.29) is 12.1 Å². The molecule has 1 nitrogen and oxygen atoms in total. The van der Waals surface area contributed by atoms with Crippen molar-refractivity contribution in [2.75, 3.05) is 0 Å². The first-order valence-corrected chi connectivity index (χ1v) is 8.66. The van der Waals surface area contributed by atoms with Crippen molar-refractivity contribution in [1.82, 2.24) is 4.98 Å². The lowest BCUT2D eigenvalue weighted by Crippen LogP contribution is -1.86. The zero-order valence-corrected chi connectivity index (χ0v) is 14.1. The maximum absolute atomic E-state index is 8.39. The third kappa shape index (κ3) is 2.55. The predicted molar refractivity (Wildman–Crippen MR) is 110 cm³/mol. The third-order valence-corrected chi connectivity index (χ3v) is 4.73. The second-order valence-corrected chi connectivity index (χ2v) is 6.35. The molecular formula is C25H17N. The molecule has 0 aliphatic carbocycles. The first kappa shape index (κ1) is 12.8. The molecule has 4 aromatic carbocycles. The molecule has 5 rings (SSSR count). The Morgan fingerprint density at radius 3 is 2.23 bits per heavy atom. The van der Waals surface area contributed by atoms with Gasteiger partial charge in [-0.25, -0.2) is 0 Å². The SMILES string of the molecule is [2H]c1c([2H])c2ccc(-c3cc(-c4ccccc4)ccn3)cc2c2ccccc12. The molecule has 0 radical (unpaired) electrons. The van der Waals surface area contributed by atoms with Crippen LogP contribution in [0.25, 0.3) is 43.9 Å². The molecule has 0 aliphatic heterocycles. The van der Waals surface area contributed by atoms with E-state index in [2.05, 4.69) is 29.2 Å². The van der Waals surface area contributed by atoms with Crippen LogP contribution in [0.3, 0.4) is 0 Å². The molecule has 26 heavy (non-hydrogen) atoms. The molecule has 0 fully saturated rings. The van der Waals surface area contributed by atoms with Crippen molar-refractivity contribution in [1.29, 1.82) is 0 Å². The zero-order valence-electron chi connectivity index (χ0n) is 16.1. The second kappa shape index (κ2) is 6.12. The van der Waals surface area contributed by atoms with Crippen LogP contribution in [0.15, 0.2) is 103 Å². The van der Waals surface area contributed by atoms with Crippen LogP contribution in [0, 0.1) is 0 Å². The molecule has 0 spiro atoms. The normalized spacial score (nSPS) is 12.2. The quantitative estimate of drug-likeness (QED) is 0.327. The van der Waals surface area contributed by atoms with Gasteiger partial charge in [0.2, 0.25) is 0 Å². The van der Waals surface area contributed by atoms with Gasteiger partial charge in [-0.1, -0.05) is 78.8 Å². The van der Waals surface area contributed by atoms with E-state index >= 15 is 0 Å². The fourth-order valence-corrected chi connectivity index (χ4v) is 3.40. The van der Waals surface area contributed by atoms with Crippen LogP contribution in [0.1, 0.15) is 2.74 Å². The lowest BCUT2D eigenvalue weighted by Gasteiger charge is -2.08. The fourth-order valence-electron chi connectivity index (χ4n) is 3.40. The minimum absolute atomic E-state index is 0.270. The second-order valence-electron chi connectivity index (χ2n) is 6.35. The van der Waals surface area contributed by atoms with Crippen LogP contribution >= 0.6 is 0 Å². The Balaban J connectivity index is 1.73. The van der Waals surface area contributed by atoms with E-state index < -0.39 is 0 Å². The average Bonchev–Trinajstić information content (AvgIpc) is 2.78. The number of hydrogen-bond donors (Lipinski definition) is 0. The van der Waals surface area contributed by atoms with Gasteiger partial charge in [-0.05, 0) is 50.9 Å². The maximum atomic E-state index is 8.39. The smallest absolute Gasteiger partial charge is 0.0708 e. The van der Waals surface area contributed by atoms with Crippen molar-refractivity contribution in [3.63, 3.8) is 0 Å². The predicted octanol–water partition coefficient (Wildman–Crippen LogP) is 6.72. The summed E-state index contributed by atoms with van der Waals surface area (Å²) in [6.07, 6.45) is 1.84. The van der Waals surface area contributed by atoms with Crippen molar-refractivity contribution in [2.45, 2.75) is 0 Å². The number of rotatable bonds is 2. The Morgan fingerprint density at radius 2 is 1.35 bits per heavy atom. The van der Waals surface area contributed by atoms with Gasteiger partial charge in [0.15, 0.2) is 0 Å².